The number of nitrogens with one attached hydrogen (secondary N) is 3. The number of carbonyl (C=O) groups excluding carboxylic acids is 4. The molecular formula is C30H47N3O8. The zero-order valence-electron chi connectivity index (χ0n) is 24.9. The van der Waals surface area contributed by atoms with E-state index < -0.39 is 54.3 Å². The monoisotopic (exact) mass is 577 g/mol. The predicted molar refractivity (Wildman–Crippen MR) is 154 cm³/mol. The van der Waals surface area contributed by atoms with Crippen LogP contribution >= 0.6 is 0 Å². The van der Waals surface area contributed by atoms with E-state index in [-0.39, 0.29) is 43.6 Å². The summed E-state index contributed by atoms with van der Waals surface area (Å²) in [5, 5.41) is 28.9. The Morgan fingerprint density at radius 2 is 1.54 bits per heavy atom. The van der Waals surface area contributed by atoms with Crippen LogP contribution in [0.15, 0.2) is 30.3 Å². The van der Waals surface area contributed by atoms with Gasteiger partial charge in [-0.2, -0.15) is 0 Å². The van der Waals surface area contributed by atoms with E-state index in [0.29, 0.717) is 19.4 Å². The highest BCUT2D eigenvalue weighted by Gasteiger charge is 2.30. The van der Waals surface area contributed by atoms with Gasteiger partial charge in [-0.05, 0) is 43.1 Å². The lowest BCUT2D eigenvalue weighted by molar-refractivity contribution is -0.144. The van der Waals surface area contributed by atoms with Crippen molar-refractivity contribution < 1.29 is 38.9 Å². The van der Waals surface area contributed by atoms with Gasteiger partial charge in [0.25, 0.3) is 0 Å². The van der Waals surface area contributed by atoms with Gasteiger partial charge in [-0.1, -0.05) is 58.0 Å². The van der Waals surface area contributed by atoms with Crippen LogP contribution < -0.4 is 16.0 Å². The molecular weight excluding hydrogens is 530 g/mol. The van der Waals surface area contributed by atoms with Gasteiger partial charge >= 0.3 is 11.9 Å². The number of esters is 1. The van der Waals surface area contributed by atoms with E-state index in [4.69, 9.17) is 4.74 Å². The number of aliphatic hydroxyl groups excluding tert-OH is 1. The van der Waals surface area contributed by atoms with E-state index in [1.165, 1.54) is 6.92 Å². The quantitative estimate of drug-likeness (QED) is 0.123. The van der Waals surface area contributed by atoms with E-state index in [2.05, 4.69) is 16.0 Å². The number of rotatable bonds is 19. The first-order valence-corrected chi connectivity index (χ1v) is 14.2. The summed E-state index contributed by atoms with van der Waals surface area (Å²) in [5.41, 5.74) is 0.826. The summed E-state index contributed by atoms with van der Waals surface area (Å²) in [6.45, 7) is 9.48. The Labute approximate surface area is 242 Å². The molecule has 11 heteroatoms. The second kappa shape index (κ2) is 18.8. The molecule has 0 bridgehead atoms. The zero-order chi connectivity index (χ0) is 30.9. The number of carboxylic acids is 1. The maximum absolute atomic E-state index is 13.0. The number of aliphatic carboxylic acids is 1. The van der Waals surface area contributed by atoms with Gasteiger partial charge in [-0.3, -0.25) is 19.2 Å². The standard InChI is InChI=1S/C30H47N3O8/c1-19(2)14-27(36)33-25(30(39)40)17-28(37)32-24(15-22-10-7-6-8-11-22)26(35)16-23(12-9-13-41-21(5)34)29(38)31-18-20(3)4/h6-8,10-11,19-20,23-26,35H,9,12-18H2,1-5H3,(H,31,38)(H,32,37)(H,33,36)(H,39,40)/t23-,24+,25+,26+/m1/s1. The number of hydrogen-bond acceptors (Lipinski definition) is 7. The molecule has 0 aliphatic carbocycles. The van der Waals surface area contributed by atoms with Crippen molar-refractivity contribution in [2.45, 2.75) is 91.3 Å². The van der Waals surface area contributed by atoms with Crippen LogP contribution in [0.25, 0.3) is 0 Å². The number of hydrogen-bond donors (Lipinski definition) is 5. The van der Waals surface area contributed by atoms with Crippen molar-refractivity contribution in [2.75, 3.05) is 13.2 Å². The van der Waals surface area contributed by atoms with Crippen LogP contribution in [-0.2, 0) is 35.1 Å². The average Bonchev–Trinajstić information content (AvgIpc) is 2.88. The van der Waals surface area contributed by atoms with Crippen LogP contribution in [0.1, 0.15) is 72.3 Å². The number of amides is 3. The molecule has 41 heavy (non-hydrogen) atoms. The predicted octanol–water partition coefficient (Wildman–Crippen LogP) is 2.20. The minimum atomic E-state index is -1.42. The largest absolute Gasteiger partial charge is 0.480 e. The number of benzene rings is 1. The van der Waals surface area contributed by atoms with Crippen molar-refractivity contribution in [2.24, 2.45) is 17.8 Å². The van der Waals surface area contributed by atoms with Gasteiger partial charge in [0.15, 0.2) is 0 Å². The minimum absolute atomic E-state index is 0.0170. The van der Waals surface area contributed by atoms with Crippen LogP contribution in [0, 0.1) is 17.8 Å². The zero-order valence-corrected chi connectivity index (χ0v) is 24.9. The van der Waals surface area contributed by atoms with Crippen LogP contribution in [0.4, 0.5) is 0 Å². The summed E-state index contributed by atoms with van der Waals surface area (Å²) in [5.74, 6) is -3.50. The molecule has 5 N–H and O–H groups in total. The minimum Gasteiger partial charge on any atom is -0.480 e. The van der Waals surface area contributed by atoms with Gasteiger partial charge in [0.1, 0.15) is 6.04 Å². The third kappa shape index (κ3) is 15.8. The fourth-order valence-electron chi connectivity index (χ4n) is 4.23. The van der Waals surface area contributed by atoms with E-state index in [1.54, 1.807) is 0 Å². The molecule has 0 aromatic heterocycles. The second-order valence-corrected chi connectivity index (χ2v) is 11.2. The smallest absolute Gasteiger partial charge is 0.326 e. The van der Waals surface area contributed by atoms with E-state index in [9.17, 15) is 34.2 Å². The highest BCUT2D eigenvalue weighted by atomic mass is 16.5. The molecule has 0 radical (unpaired) electrons. The normalized spacial score (nSPS) is 14.0. The first-order chi connectivity index (χ1) is 19.3. The average molecular weight is 578 g/mol. The lowest BCUT2D eigenvalue weighted by atomic mass is 9.89. The first kappa shape index (κ1) is 35.6. The molecule has 1 aromatic rings. The molecule has 0 heterocycles. The lowest BCUT2D eigenvalue weighted by Crippen LogP contribution is -2.50. The summed E-state index contributed by atoms with van der Waals surface area (Å²) in [6.07, 6.45) is -0.520. The number of carbonyl (C=O) groups is 5. The van der Waals surface area contributed by atoms with Crippen LogP contribution in [0.2, 0.25) is 0 Å². The summed E-state index contributed by atoms with van der Waals surface area (Å²) < 4.78 is 4.99. The highest BCUT2D eigenvalue weighted by molar-refractivity contribution is 5.88. The number of ether oxygens (including phenoxy) is 1. The van der Waals surface area contributed by atoms with Gasteiger partial charge < -0.3 is 30.9 Å². The molecule has 4 atom stereocenters. The number of carboxylic acid groups (broad SMARTS) is 1. The van der Waals surface area contributed by atoms with E-state index in [0.717, 1.165) is 5.56 Å². The van der Waals surface area contributed by atoms with Crippen LogP contribution in [0.3, 0.4) is 0 Å². The van der Waals surface area contributed by atoms with E-state index >= 15 is 0 Å². The Hall–Kier alpha value is -3.47. The molecule has 230 valence electrons. The molecule has 1 aromatic carbocycles. The molecule has 0 aliphatic rings. The van der Waals surface area contributed by atoms with Crippen molar-refractivity contribution in [3.05, 3.63) is 35.9 Å². The SMILES string of the molecule is CC(=O)OCCC[C@H](C[C@H](O)[C@H](Cc1ccccc1)NC(=O)C[C@H](NC(=O)CC(C)C)C(=O)O)C(=O)NCC(C)C. The summed E-state index contributed by atoms with van der Waals surface area (Å²) >= 11 is 0. The molecule has 0 saturated heterocycles. The van der Waals surface area contributed by atoms with Crippen molar-refractivity contribution in [1.29, 1.82) is 0 Å². The van der Waals surface area contributed by atoms with Crippen LogP contribution in [0.5, 0.6) is 0 Å². The molecule has 0 fully saturated rings. The maximum Gasteiger partial charge on any atom is 0.326 e. The topological polar surface area (TPSA) is 171 Å². The van der Waals surface area contributed by atoms with Crippen molar-refractivity contribution in [3.8, 4) is 0 Å². The first-order valence-electron chi connectivity index (χ1n) is 14.2. The van der Waals surface area contributed by atoms with Gasteiger partial charge in [0.2, 0.25) is 17.7 Å². The van der Waals surface area contributed by atoms with E-state index in [1.807, 2.05) is 58.0 Å². The highest BCUT2D eigenvalue weighted by Crippen LogP contribution is 2.19. The maximum atomic E-state index is 13.0. The third-order valence-corrected chi connectivity index (χ3v) is 6.31. The molecule has 0 spiro atoms. The molecule has 0 saturated carbocycles. The second-order valence-electron chi connectivity index (χ2n) is 11.2. The summed E-state index contributed by atoms with van der Waals surface area (Å²) in [4.78, 5) is 61.0. The molecule has 0 unspecified atom stereocenters. The molecule has 1 rings (SSSR count). The Morgan fingerprint density at radius 3 is 2.10 bits per heavy atom. The Bertz CT molecular complexity index is 983. The van der Waals surface area contributed by atoms with Gasteiger partial charge in [-0.15, -0.1) is 0 Å². The third-order valence-electron chi connectivity index (χ3n) is 6.31. The molecule has 0 aliphatic heterocycles. The van der Waals surface area contributed by atoms with Crippen molar-refractivity contribution >= 4 is 29.7 Å². The number of aliphatic hydroxyl groups is 1. The van der Waals surface area contributed by atoms with Crippen molar-refractivity contribution in [3.63, 3.8) is 0 Å². The van der Waals surface area contributed by atoms with Gasteiger partial charge in [0.05, 0.1) is 25.2 Å². The van der Waals surface area contributed by atoms with Gasteiger partial charge in [0, 0.05) is 25.8 Å². The summed E-state index contributed by atoms with van der Waals surface area (Å²) in [7, 11) is 0. The Kier molecular flexibility index (Phi) is 16.3. The lowest BCUT2D eigenvalue weighted by Gasteiger charge is -2.28. The summed E-state index contributed by atoms with van der Waals surface area (Å²) in [6, 6.07) is 6.90. The fourth-order valence-corrected chi connectivity index (χ4v) is 4.23. The Morgan fingerprint density at radius 1 is 0.902 bits per heavy atom. The molecule has 3 amide bonds. The van der Waals surface area contributed by atoms with Gasteiger partial charge in [-0.25, -0.2) is 4.79 Å². The fraction of sp³-hybridized carbons (Fsp3) is 0.633. The Balaban J connectivity index is 3.05. The van der Waals surface area contributed by atoms with Crippen molar-refractivity contribution in [1.82, 2.24) is 16.0 Å². The van der Waals surface area contributed by atoms with Crippen LogP contribution in [-0.4, -0.2) is 71.2 Å². The molecule has 11 nitrogen and oxygen atoms in total.